The average molecular weight is 463 g/mol. The fourth-order valence-electron chi connectivity index (χ4n) is 4.05. The van der Waals surface area contributed by atoms with Crippen molar-refractivity contribution >= 4 is 40.4 Å². The number of rotatable bonds is 3. The number of hydrogen-bond acceptors (Lipinski definition) is 7. The lowest BCUT2D eigenvalue weighted by Crippen LogP contribution is -2.40. The van der Waals surface area contributed by atoms with E-state index in [4.69, 9.17) is 10.5 Å². The molecule has 11 nitrogen and oxygen atoms in total. The number of ether oxygens (including phenoxy) is 1. The second kappa shape index (κ2) is 7.44. The van der Waals surface area contributed by atoms with Crippen molar-refractivity contribution in [3.8, 4) is 11.3 Å². The normalized spacial score (nSPS) is 14.0. The minimum absolute atomic E-state index is 0.0667. The number of pyridine rings is 1. The van der Waals surface area contributed by atoms with Crippen LogP contribution in [0, 0.1) is 6.92 Å². The van der Waals surface area contributed by atoms with Crippen LogP contribution in [0.3, 0.4) is 0 Å². The second-order valence-electron chi connectivity index (χ2n) is 9.43. The van der Waals surface area contributed by atoms with Gasteiger partial charge in [0.05, 0.1) is 22.5 Å². The first kappa shape index (κ1) is 21.7. The fraction of sp³-hybridized carbons (Fsp3) is 0.348. The minimum Gasteiger partial charge on any atom is -0.464 e. The van der Waals surface area contributed by atoms with Gasteiger partial charge in [-0.1, -0.05) is 0 Å². The monoisotopic (exact) mass is 463 g/mol. The van der Waals surface area contributed by atoms with E-state index >= 15 is 0 Å². The predicted molar refractivity (Wildman–Crippen MR) is 126 cm³/mol. The molecule has 0 bridgehead atoms. The van der Waals surface area contributed by atoms with Crippen molar-refractivity contribution < 1.29 is 19.4 Å². The van der Waals surface area contributed by atoms with Crippen LogP contribution in [0.5, 0.6) is 0 Å². The van der Waals surface area contributed by atoms with Gasteiger partial charge in [-0.25, -0.2) is 24.5 Å². The Bertz CT molecular complexity index is 1460. The molecule has 0 saturated heterocycles. The summed E-state index contributed by atoms with van der Waals surface area (Å²) in [4.78, 5) is 38.9. The Morgan fingerprint density at radius 3 is 2.56 bits per heavy atom. The summed E-state index contributed by atoms with van der Waals surface area (Å²) in [5.41, 5.74) is 9.06. The number of nitrogens with zero attached hydrogens (tertiary/aromatic N) is 6. The zero-order valence-electron chi connectivity index (χ0n) is 19.3. The minimum atomic E-state index is -1.50. The Balaban J connectivity index is 1.80. The molecule has 1 aliphatic carbocycles. The number of nitrogens with two attached hydrogens (primary N) is 1. The topological polar surface area (TPSA) is 141 Å². The molecule has 176 valence electrons. The number of carboxylic acid groups (broad SMARTS) is 1. The van der Waals surface area contributed by atoms with Crippen LogP contribution in [0.2, 0.25) is 0 Å². The van der Waals surface area contributed by atoms with Crippen LogP contribution >= 0.6 is 0 Å². The molecule has 0 unspecified atom stereocenters. The van der Waals surface area contributed by atoms with Crippen molar-refractivity contribution in [3.05, 3.63) is 36.5 Å². The third-order valence-electron chi connectivity index (χ3n) is 5.55. The number of carbonyl (C=O) groups is 2. The van der Waals surface area contributed by atoms with Crippen molar-refractivity contribution in [1.29, 1.82) is 0 Å². The number of imidazole rings is 1. The van der Waals surface area contributed by atoms with Crippen molar-refractivity contribution in [1.82, 2.24) is 23.9 Å². The molecule has 0 atom stereocenters. The van der Waals surface area contributed by atoms with Gasteiger partial charge >= 0.3 is 12.2 Å². The highest BCUT2D eigenvalue weighted by Crippen LogP contribution is 2.43. The van der Waals surface area contributed by atoms with Crippen molar-refractivity contribution in [2.45, 2.75) is 52.2 Å². The molecule has 0 aliphatic heterocycles. The first-order valence-corrected chi connectivity index (χ1v) is 10.9. The molecule has 5 rings (SSSR count). The molecule has 4 aromatic heterocycles. The quantitative estimate of drug-likeness (QED) is 0.456. The van der Waals surface area contributed by atoms with Crippen LogP contribution in [-0.2, 0) is 4.74 Å². The summed E-state index contributed by atoms with van der Waals surface area (Å²) < 4.78 is 9.24. The SMILES string of the molecule is Cc1cn2c(-c3cn(C4CC4)c4ncnc(N(C(=O)O)C(=O)OC(C)(C)C)c34)ccc(N)c2n1. The maximum atomic E-state index is 12.9. The molecule has 1 saturated carbocycles. The maximum Gasteiger partial charge on any atom is 0.425 e. The molecule has 34 heavy (non-hydrogen) atoms. The van der Waals surface area contributed by atoms with Crippen LogP contribution in [-0.4, -0.2) is 46.8 Å². The number of aryl methyl sites for hydroxylation is 1. The van der Waals surface area contributed by atoms with Crippen LogP contribution < -0.4 is 10.6 Å². The number of imide groups is 1. The Labute approximate surface area is 194 Å². The first-order valence-electron chi connectivity index (χ1n) is 10.9. The van der Waals surface area contributed by atoms with Gasteiger partial charge in [-0.05, 0) is 52.7 Å². The van der Waals surface area contributed by atoms with Crippen LogP contribution in [0.4, 0.5) is 21.1 Å². The molecular weight excluding hydrogens is 438 g/mol. The van der Waals surface area contributed by atoms with Gasteiger partial charge in [-0.3, -0.25) is 4.40 Å². The summed E-state index contributed by atoms with van der Waals surface area (Å²) in [7, 11) is 0. The lowest BCUT2D eigenvalue weighted by Gasteiger charge is -2.24. The van der Waals surface area contributed by atoms with E-state index in [1.54, 1.807) is 26.8 Å². The number of hydrogen-bond donors (Lipinski definition) is 2. The van der Waals surface area contributed by atoms with Crippen molar-refractivity contribution in [2.24, 2.45) is 0 Å². The molecule has 3 N–H and O–H groups in total. The summed E-state index contributed by atoms with van der Waals surface area (Å²) in [5, 5.41) is 10.4. The van der Waals surface area contributed by atoms with Crippen LogP contribution in [0.25, 0.3) is 27.9 Å². The predicted octanol–water partition coefficient (Wildman–Crippen LogP) is 4.39. The van der Waals surface area contributed by atoms with Gasteiger partial charge in [0.15, 0.2) is 11.5 Å². The fourth-order valence-corrected chi connectivity index (χ4v) is 4.05. The Hall–Kier alpha value is -4.15. The summed E-state index contributed by atoms with van der Waals surface area (Å²) in [6, 6.07) is 3.83. The Kier molecular flexibility index (Phi) is 4.74. The third kappa shape index (κ3) is 3.58. The highest BCUT2D eigenvalue weighted by Gasteiger charge is 2.35. The zero-order valence-corrected chi connectivity index (χ0v) is 19.3. The molecular formula is C23H25N7O4. The van der Waals surface area contributed by atoms with Crippen molar-refractivity contribution in [3.63, 3.8) is 0 Å². The lowest BCUT2D eigenvalue weighted by atomic mass is 10.1. The van der Waals surface area contributed by atoms with Gasteiger partial charge in [0.1, 0.15) is 17.6 Å². The van der Waals surface area contributed by atoms with E-state index in [1.165, 1.54) is 6.33 Å². The van der Waals surface area contributed by atoms with Gasteiger partial charge in [0, 0.05) is 24.0 Å². The second-order valence-corrected chi connectivity index (χ2v) is 9.43. The summed E-state index contributed by atoms with van der Waals surface area (Å²) in [6.45, 7) is 6.87. The van der Waals surface area contributed by atoms with E-state index in [9.17, 15) is 14.7 Å². The number of fused-ring (bicyclic) bond motifs is 2. The summed E-state index contributed by atoms with van der Waals surface area (Å²) in [6.07, 6.45) is 4.48. The molecule has 4 aromatic rings. The highest BCUT2D eigenvalue weighted by molar-refractivity contribution is 6.15. The number of amides is 2. The van der Waals surface area contributed by atoms with E-state index in [1.807, 2.05) is 34.4 Å². The van der Waals surface area contributed by atoms with Gasteiger partial charge in [0.2, 0.25) is 0 Å². The Morgan fingerprint density at radius 2 is 1.91 bits per heavy atom. The van der Waals surface area contributed by atoms with Gasteiger partial charge < -0.3 is 20.1 Å². The summed E-state index contributed by atoms with van der Waals surface area (Å²) >= 11 is 0. The maximum absolute atomic E-state index is 12.9. The standard InChI is InChI=1S/C23H25N7O4/c1-12-9-29-16(8-7-15(24)18(29)27-12)14-10-28(13-5-6-13)19-17(14)20(26-11-25-19)30(21(31)32)22(33)34-23(2,3)4/h7-11,13H,5-6,24H2,1-4H3,(H,31,32). The number of anilines is 2. The van der Waals surface area contributed by atoms with Crippen molar-refractivity contribution in [2.75, 3.05) is 10.6 Å². The average Bonchev–Trinajstić information content (AvgIpc) is 3.38. The molecule has 2 amide bonds. The van der Waals surface area contributed by atoms with E-state index < -0.39 is 17.8 Å². The third-order valence-corrected chi connectivity index (χ3v) is 5.55. The molecule has 0 aromatic carbocycles. The Morgan fingerprint density at radius 1 is 1.18 bits per heavy atom. The van der Waals surface area contributed by atoms with Crippen LogP contribution in [0.15, 0.2) is 30.9 Å². The van der Waals surface area contributed by atoms with E-state index in [0.29, 0.717) is 32.8 Å². The van der Waals surface area contributed by atoms with E-state index in [-0.39, 0.29) is 11.9 Å². The zero-order chi connectivity index (χ0) is 24.4. The molecule has 0 radical (unpaired) electrons. The van der Waals surface area contributed by atoms with Gasteiger partial charge in [-0.15, -0.1) is 0 Å². The van der Waals surface area contributed by atoms with Crippen LogP contribution in [0.1, 0.15) is 45.3 Å². The largest absolute Gasteiger partial charge is 0.464 e. The number of nitrogen functional groups attached to an aromatic ring is 1. The molecule has 0 spiro atoms. The first-order chi connectivity index (χ1) is 16.0. The molecule has 1 aliphatic rings. The van der Waals surface area contributed by atoms with Gasteiger partial charge in [0.25, 0.3) is 0 Å². The lowest BCUT2D eigenvalue weighted by molar-refractivity contribution is 0.0581. The molecule has 4 heterocycles. The highest BCUT2D eigenvalue weighted by atomic mass is 16.6. The van der Waals surface area contributed by atoms with E-state index in [0.717, 1.165) is 24.2 Å². The summed E-state index contributed by atoms with van der Waals surface area (Å²) in [5.74, 6) is -0.0667. The molecule has 11 heteroatoms. The molecule has 1 fully saturated rings. The van der Waals surface area contributed by atoms with E-state index in [2.05, 4.69) is 15.0 Å². The smallest absolute Gasteiger partial charge is 0.425 e. The van der Waals surface area contributed by atoms with Gasteiger partial charge in [-0.2, -0.15) is 4.90 Å². The number of aromatic nitrogens is 5. The number of carbonyl (C=O) groups excluding carboxylic acids is 1.